The Kier molecular flexibility index (Phi) is 7.48. The molecule has 0 spiro atoms. The number of piperazine rings is 1. The van der Waals surface area contributed by atoms with E-state index in [0.29, 0.717) is 26.2 Å². The van der Waals surface area contributed by atoms with E-state index in [-0.39, 0.29) is 29.6 Å². The van der Waals surface area contributed by atoms with Crippen molar-refractivity contribution in [2.75, 3.05) is 51.4 Å². The van der Waals surface area contributed by atoms with Gasteiger partial charge in [0.15, 0.2) is 18.1 Å². The molecule has 0 aromatic heterocycles. The molecule has 0 aliphatic carbocycles. The number of methoxy groups -OCH3 is 1. The maximum absolute atomic E-state index is 12.5. The van der Waals surface area contributed by atoms with Crippen LogP contribution in [0.25, 0.3) is 0 Å². The van der Waals surface area contributed by atoms with Crippen LogP contribution in [0.4, 0.5) is 11.4 Å². The first-order valence-electron chi connectivity index (χ1n) is 10.2. The third kappa shape index (κ3) is 5.26. The lowest BCUT2D eigenvalue weighted by molar-refractivity contribution is -0.385. The largest absolute Gasteiger partial charge is 0.493 e. The molecule has 1 amide bonds. The van der Waals surface area contributed by atoms with Crippen molar-refractivity contribution < 1.29 is 28.7 Å². The summed E-state index contributed by atoms with van der Waals surface area (Å²) in [5, 5.41) is 11.4. The average Bonchev–Trinajstić information content (AvgIpc) is 2.82. The quantitative estimate of drug-likeness (QED) is 0.348. The minimum absolute atomic E-state index is 0.127. The van der Waals surface area contributed by atoms with Crippen LogP contribution in [0.2, 0.25) is 0 Å². The highest BCUT2D eigenvalue weighted by Gasteiger charge is 2.28. The van der Waals surface area contributed by atoms with Crippen molar-refractivity contribution in [3.63, 3.8) is 0 Å². The molecule has 0 N–H and O–H groups in total. The lowest BCUT2D eigenvalue weighted by Crippen LogP contribution is -2.49. The second kappa shape index (κ2) is 10.5. The number of carbonyl (C=O) groups is 2. The van der Waals surface area contributed by atoms with Crippen LogP contribution in [0.15, 0.2) is 42.5 Å². The summed E-state index contributed by atoms with van der Waals surface area (Å²) in [4.78, 5) is 39.6. The molecular weight excluding hydrogens is 418 g/mol. The van der Waals surface area contributed by atoms with E-state index in [9.17, 15) is 19.7 Å². The molecule has 3 rings (SSSR count). The number of nitro benzene ring substituents is 1. The predicted molar refractivity (Wildman–Crippen MR) is 116 cm³/mol. The van der Waals surface area contributed by atoms with Crippen LogP contribution in [-0.2, 0) is 9.53 Å². The van der Waals surface area contributed by atoms with Gasteiger partial charge in [-0.15, -0.1) is 0 Å². The van der Waals surface area contributed by atoms with Crippen LogP contribution in [0.1, 0.15) is 17.3 Å². The van der Waals surface area contributed by atoms with Gasteiger partial charge in [0, 0.05) is 37.9 Å². The average molecular weight is 443 g/mol. The minimum Gasteiger partial charge on any atom is -0.493 e. The maximum atomic E-state index is 12.5. The van der Waals surface area contributed by atoms with Crippen molar-refractivity contribution in [3.05, 3.63) is 58.1 Å². The molecule has 10 heteroatoms. The van der Waals surface area contributed by atoms with Gasteiger partial charge in [0.05, 0.1) is 24.7 Å². The first-order chi connectivity index (χ1) is 15.4. The monoisotopic (exact) mass is 443 g/mol. The third-order valence-electron chi connectivity index (χ3n) is 5.08. The van der Waals surface area contributed by atoms with Gasteiger partial charge >= 0.3 is 5.97 Å². The van der Waals surface area contributed by atoms with Gasteiger partial charge in [-0.2, -0.15) is 0 Å². The fourth-order valence-electron chi connectivity index (χ4n) is 3.44. The van der Waals surface area contributed by atoms with E-state index in [1.807, 2.05) is 30.3 Å². The van der Waals surface area contributed by atoms with Crippen LogP contribution in [0, 0.1) is 10.1 Å². The number of anilines is 1. The van der Waals surface area contributed by atoms with Gasteiger partial charge in [-0.25, -0.2) is 4.79 Å². The summed E-state index contributed by atoms with van der Waals surface area (Å²) in [5.74, 6) is -1.03. The maximum Gasteiger partial charge on any atom is 0.345 e. The summed E-state index contributed by atoms with van der Waals surface area (Å²) in [7, 11) is 1.34. The summed E-state index contributed by atoms with van der Waals surface area (Å²) in [6.45, 7) is 3.80. The second-order valence-electron chi connectivity index (χ2n) is 6.99. The van der Waals surface area contributed by atoms with Crippen LogP contribution in [0.3, 0.4) is 0 Å². The molecule has 1 saturated heterocycles. The van der Waals surface area contributed by atoms with Gasteiger partial charge in [-0.05, 0) is 19.1 Å². The first kappa shape index (κ1) is 22.9. The lowest BCUT2D eigenvalue weighted by Gasteiger charge is -2.36. The van der Waals surface area contributed by atoms with E-state index in [1.165, 1.54) is 13.2 Å². The number of benzene rings is 2. The molecule has 1 heterocycles. The summed E-state index contributed by atoms with van der Waals surface area (Å²) in [6, 6.07) is 12.2. The smallest absolute Gasteiger partial charge is 0.345 e. The SMILES string of the molecule is CCOc1cc(C(=O)OCC(=O)N2CCN(c3ccccc3)CC2)c([N+](=O)[O-])cc1OC. The topological polar surface area (TPSA) is 111 Å². The van der Waals surface area contributed by atoms with Crippen molar-refractivity contribution in [2.24, 2.45) is 0 Å². The summed E-state index contributed by atoms with van der Waals surface area (Å²) < 4.78 is 15.6. The number of amides is 1. The molecule has 0 unspecified atom stereocenters. The van der Waals surface area contributed by atoms with Crippen molar-refractivity contribution in [2.45, 2.75) is 6.92 Å². The number of rotatable bonds is 8. The molecule has 0 bridgehead atoms. The Balaban J connectivity index is 1.62. The number of ether oxygens (including phenoxy) is 3. The molecule has 2 aromatic carbocycles. The van der Waals surface area contributed by atoms with E-state index < -0.39 is 23.2 Å². The zero-order valence-corrected chi connectivity index (χ0v) is 18.0. The van der Waals surface area contributed by atoms with Gasteiger partial charge in [-0.1, -0.05) is 18.2 Å². The Morgan fingerprint density at radius 3 is 2.34 bits per heavy atom. The first-order valence-corrected chi connectivity index (χ1v) is 10.2. The molecule has 1 aliphatic heterocycles. The molecule has 2 aromatic rings. The van der Waals surface area contributed by atoms with E-state index in [1.54, 1.807) is 11.8 Å². The van der Waals surface area contributed by atoms with Crippen LogP contribution in [0.5, 0.6) is 11.5 Å². The van der Waals surface area contributed by atoms with Crippen molar-refractivity contribution in [1.82, 2.24) is 4.90 Å². The highest BCUT2D eigenvalue weighted by Crippen LogP contribution is 2.35. The number of hydrogen-bond donors (Lipinski definition) is 0. The van der Waals surface area contributed by atoms with Gasteiger partial charge in [-0.3, -0.25) is 14.9 Å². The van der Waals surface area contributed by atoms with Crippen molar-refractivity contribution in [3.8, 4) is 11.5 Å². The molecule has 1 fully saturated rings. The van der Waals surface area contributed by atoms with Crippen molar-refractivity contribution in [1.29, 1.82) is 0 Å². The highest BCUT2D eigenvalue weighted by molar-refractivity contribution is 5.96. The minimum atomic E-state index is -0.975. The van der Waals surface area contributed by atoms with E-state index in [2.05, 4.69) is 4.90 Å². The van der Waals surface area contributed by atoms with Crippen LogP contribution in [-0.4, -0.2) is 68.2 Å². The number of para-hydroxylation sites is 1. The molecule has 0 atom stereocenters. The summed E-state index contributed by atoms with van der Waals surface area (Å²) in [6.07, 6.45) is 0. The number of nitrogens with zero attached hydrogens (tertiary/aromatic N) is 3. The zero-order valence-electron chi connectivity index (χ0n) is 18.0. The molecule has 32 heavy (non-hydrogen) atoms. The molecule has 170 valence electrons. The van der Waals surface area contributed by atoms with Gasteiger partial charge < -0.3 is 24.0 Å². The third-order valence-corrected chi connectivity index (χ3v) is 5.08. The Bertz CT molecular complexity index is 973. The Morgan fingerprint density at radius 2 is 1.75 bits per heavy atom. The predicted octanol–water partition coefficient (Wildman–Crippen LogP) is 2.51. The molecule has 0 radical (unpaired) electrons. The standard InChI is InChI=1S/C22H25N3O7/c1-3-31-20-13-17(18(25(28)29)14-19(20)30-2)22(27)32-15-21(26)24-11-9-23(10-12-24)16-7-5-4-6-8-16/h4-8,13-14H,3,9-12,15H2,1-2H3. The molecule has 10 nitrogen and oxygen atoms in total. The Labute approximate surface area is 185 Å². The lowest BCUT2D eigenvalue weighted by atomic mass is 10.1. The summed E-state index contributed by atoms with van der Waals surface area (Å²) in [5.41, 5.74) is 0.295. The van der Waals surface area contributed by atoms with Gasteiger partial charge in [0.25, 0.3) is 11.6 Å². The Hall–Kier alpha value is -3.82. The van der Waals surface area contributed by atoms with Gasteiger partial charge in [0.2, 0.25) is 0 Å². The van der Waals surface area contributed by atoms with Crippen molar-refractivity contribution >= 4 is 23.3 Å². The second-order valence-corrected chi connectivity index (χ2v) is 6.99. The normalized spacial score (nSPS) is 13.4. The zero-order chi connectivity index (χ0) is 23.1. The fraction of sp³-hybridized carbons (Fsp3) is 0.364. The number of esters is 1. The van der Waals surface area contributed by atoms with Gasteiger partial charge in [0.1, 0.15) is 5.56 Å². The number of nitro groups is 1. The van der Waals surface area contributed by atoms with Crippen LogP contribution >= 0.6 is 0 Å². The molecular formula is C22H25N3O7. The highest BCUT2D eigenvalue weighted by atomic mass is 16.6. The molecule has 1 aliphatic rings. The van der Waals surface area contributed by atoms with Crippen LogP contribution < -0.4 is 14.4 Å². The number of carbonyl (C=O) groups excluding carboxylic acids is 2. The van der Waals surface area contributed by atoms with E-state index in [4.69, 9.17) is 14.2 Å². The number of hydrogen-bond acceptors (Lipinski definition) is 8. The Morgan fingerprint density at radius 1 is 1.06 bits per heavy atom. The van der Waals surface area contributed by atoms with E-state index >= 15 is 0 Å². The summed E-state index contributed by atoms with van der Waals surface area (Å²) >= 11 is 0. The fourth-order valence-corrected chi connectivity index (χ4v) is 3.44. The van der Waals surface area contributed by atoms with E-state index in [0.717, 1.165) is 11.8 Å². The molecule has 0 saturated carbocycles.